The first-order chi connectivity index (χ1) is 11.2. The Balaban J connectivity index is 0.00000156. The minimum Gasteiger partial charge on any atom is -0.380 e. The Labute approximate surface area is 160 Å². The molecule has 0 aliphatic carbocycles. The maximum atomic E-state index is 12.0. The molecule has 3 rings (SSSR count). The van der Waals surface area contributed by atoms with E-state index in [4.69, 9.17) is 15.5 Å². The van der Waals surface area contributed by atoms with Crippen LogP contribution in [-0.4, -0.2) is 35.2 Å². The SMILES string of the molecule is COC(CN)CC(=O)Nc1ccc2c(c1)nc1n2CCCCC1.Cl.Cl. The van der Waals surface area contributed by atoms with Gasteiger partial charge in [-0.25, -0.2) is 4.98 Å². The maximum absolute atomic E-state index is 12.0. The van der Waals surface area contributed by atoms with Gasteiger partial charge in [0.1, 0.15) is 5.82 Å². The molecule has 25 heavy (non-hydrogen) atoms. The van der Waals surface area contributed by atoms with Crippen LogP contribution in [0.2, 0.25) is 0 Å². The van der Waals surface area contributed by atoms with Gasteiger partial charge in [0.15, 0.2) is 0 Å². The van der Waals surface area contributed by atoms with Crippen molar-refractivity contribution < 1.29 is 9.53 Å². The summed E-state index contributed by atoms with van der Waals surface area (Å²) in [5, 5.41) is 2.90. The molecule has 140 valence electrons. The predicted octanol–water partition coefficient (Wildman–Crippen LogP) is 2.91. The number of fused-ring (bicyclic) bond motifs is 3. The van der Waals surface area contributed by atoms with Gasteiger partial charge in [-0.2, -0.15) is 0 Å². The van der Waals surface area contributed by atoms with E-state index in [1.54, 1.807) is 7.11 Å². The third-order valence-electron chi connectivity index (χ3n) is 4.40. The number of nitrogens with two attached hydrogens (primary N) is 1. The maximum Gasteiger partial charge on any atom is 0.227 e. The number of methoxy groups -OCH3 is 1. The van der Waals surface area contributed by atoms with Crippen molar-refractivity contribution in [2.75, 3.05) is 19.0 Å². The lowest BCUT2D eigenvalue weighted by Crippen LogP contribution is -2.28. The molecule has 2 aromatic rings. The Bertz CT molecular complexity index is 701. The van der Waals surface area contributed by atoms with Crippen LogP contribution in [0.1, 0.15) is 31.5 Å². The average molecular weight is 389 g/mol. The summed E-state index contributed by atoms with van der Waals surface area (Å²) in [5.74, 6) is 1.06. The highest BCUT2D eigenvalue weighted by atomic mass is 35.5. The van der Waals surface area contributed by atoms with E-state index in [0.717, 1.165) is 35.5 Å². The second-order valence-electron chi connectivity index (χ2n) is 6.04. The molecular formula is C17H26Cl2N4O2. The van der Waals surface area contributed by atoms with E-state index in [0.29, 0.717) is 6.54 Å². The molecule has 0 spiro atoms. The molecule has 1 aromatic carbocycles. The number of nitrogens with one attached hydrogen (secondary N) is 1. The number of amides is 1. The third-order valence-corrected chi connectivity index (χ3v) is 4.40. The Morgan fingerprint density at radius 2 is 2.16 bits per heavy atom. The van der Waals surface area contributed by atoms with Crippen LogP contribution < -0.4 is 11.1 Å². The summed E-state index contributed by atoms with van der Waals surface area (Å²) in [6, 6.07) is 5.92. The van der Waals surface area contributed by atoms with Gasteiger partial charge in [0.25, 0.3) is 0 Å². The van der Waals surface area contributed by atoms with E-state index >= 15 is 0 Å². The number of aryl methyl sites for hydroxylation is 2. The normalized spacial score (nSPS) is 14.6. The van der Waals surface area contributed by atoms with Crippen molar-refractivity contribution in [2.45, 2.75) is 44.8 Å². The molecule has 0 fully saturated rings. The van der Waals surface area contributed by atoms with Gasteiger partial charge in [0.05, 0.1) is 23.6 Å². The molecular weight excluding hydrogens is 363 g/mol. The lowest BCUT2D eigenvalue weighted by Gasteiger charge is -2.12. The summed E-state index contributed by atoms with van der Waals surface area (Å²) in [4.78, 5) is 16.8. The average Bonchev–Trinajstić information content (AvgIpc) is 2.73. The fourth-order valence-corrected chi connectivity index (χ4v) is 3.11. The van der Waals surface area contributed by atoms with Crippen molar-refractivity contribution in [1.82, 2.24) is 9.55 Å². The highest BCUT2D eigenvalue weighted by Crippen LogP contribution is 2.24. The summed E-state index contributed by atoms with van der Waals surface area (Å²) in [6.07, 6.45) is 4.70. The zero-order valence-electron chi connectivity index (χ0n) is 14.4. The first-order valence-electron chi connectivity index (χ1n) is 8.23. The summed E-state index contributed by atoms with van der Waals surface area (Å²) >= 11 is 0. The number of rotatable bonds is 5. The van der Waals surface area contributed by atoms with Gasteiger partial charge in [-0.05, 0) is 31.0 Å². The van der Waals surface area contributed by atoms with Crippen LogP contribution in [0, 0.1) is 0 Å². The third kappa shape index (κ3) is 5.07. The first-order valence-corrected chi connectivity index (χ1v) is 8.23. The Morgan fingerprint density at radius 1 is 1.36 bits per heavy atom. The molecule has 0 bridgehead atoms. The van der Waals surface area contributed by atoms with Crippen LogP contribution in [0.4, 0.5) is 5.69 Å². The van der Waals surface area contributed by atoms with Crippen molar-refractivity contribution in [3.05, 3.63) is 24.0 Å². The number of carbonyl (C=O) groups is 1. The first kappa shape index (κ1) is 21.7. The molecule has 0 saturated heterocycles. The van der Waals surface area contributed by atoms with Gasteiger partial charge in [-0.3, -0.25) is 4.79 Å². The van der Waals surface area contributed by atoms with Gasteiger partial charge in [-0.15, -0.1) is 24.8 Å². The molecule has 1 unspecified atom stereocenters. The highest BCUT2D eigenvalue weighted by molar-refractivity contribution is 5.93. The standard InChI is InChI=1S/C17H24N4O2.2ClH/c1-23-13(11-18)10-17(22)19-12-6-7-15-14(9-12)20-16-5-3-2-4-8-21(15)16;;/h6-7,9,13H,2-5,8,10-11,18H2,1H3,(H,19,22);2*1H. The number of halogens is 2. The van der Waals surface area contributed by atoms with Crippen LogP contribution >= 0.6 is 24.8 Å². The van der Waals surface area contributed by atoms with E-state index in [1.807, 2.05) is 18.2 Å². The Hall–Kier alpha value is -1.34. The number of carbonyl (C=O) groups excluding carboxylic acids is 1. The van der Waals surface area contributed by atoms with Gasteiger partial charge in [0, 0.05) is 32.3 Å². The Kier molecular flexibility index (Phi) is 8.65. The number of ether oxygens (including phenoxy) is 1. The summed E-state index contributed by atoms with van der Waals surface area (Å²) in [5.41, 5.74) is 8.41. The fourth-order valence-electron chi connectivity index (χ4n) is 3.11. The van der Waals surface area contributed by atoms with E-state index in [-0.39, 0.29) is 43.2 Å². The van der Waals surface area contributed by atoms with Crippen molar-refractivity contribution >= 4 is 47.4 Å². The largest absolute Gasteiger partial charge is 0.380 e. The van der Waals surface area contributed by atoms with E-state index in [1.165, 1.54) is 19.3 Å². The molecule has 3 N–H and O–H groups in total. The molecule has 1 aliphatic heterocycles. The van der Waals surface area contributed by atoms with E-state index in [2.05, 4.69) is 9.88 Å². The van der Waals surface area contributed by atoms with Crippen molar-refractivity contribution in [3.8, 4) is 0 Å². The zero-order chi connectivity index (χ0) is 16.2. The van der Waals surface area contributed by atoms with Gasteiger partial charge in [-0.1, -0.05) is 6.42 Å². The monoisotopic (exact) mass is 388 g/mol. The van der Waals surface area contributed by atoms with Crippen LogP contribution in [0.3, 0.4) is 0 Å². The second-order valence-corrected chi connectivity index (χ2v) is 6.04. The second kappa shape index (κ2) is 9.97. The Morgan fingerprint density at radius 3 is 2.88 bits per heavy atom. The number of imidazole rings is 1. The molecule has 1 aliphatic rings. The number of hydrogen-bond acceptors (Lipinski definition) is 4. The minimum atomic E-state index is -0.248. The summed E-state index contributed by atoms with van der Waals surface area (Å²) in [7, 11) is 1.56. The predicted molar refractivity (Wildman–Crippen MR) is 105 cm³/mol. The van der Waals surface area contributed by atoms with Crippen LogP contribution in [0.5, 0.6) is 0 Å². The number of aromatic nitrogens is 2. The van der Waals surface area contributed by atoms with Gasteiger partial charge in [0.2, 0.25) is 5.91 Å². The van der Waals surface area contributed by atoms with E-state index < -0.39 is 0 Å². The summed E-state index contributed by atoms with van der Waals surface area (Å²) < 4.78 is 7.45. The molecule has 0 radical (unpaired) electrons. The van der Waals surface area contributed by atoms with Gasteiger partial charge < -0.3 is 20.4 Å². The highest BCUT2D eigenvalue weighted by Gasteiger charge is 2.15. The van der Waals surface area contributed by atoms with Crippen LogP contribution in [0.15, 0.2) is 18.2 Å². The van der Waals surface area contributed by atoms with Crippen molar-refractivity contribution in [1.29, 1.82) is 0 Å². The smallest absolute Gasteiger partial charge is 0.227 e. The number of anilines is 1. The molecule has 1 aromatic heterocycles. The van der Waals surface area contributed by atoms with Gasteiger partial charge >= 0.3 is 0 Å². The molecule has 1 amide bonds. The summed E-state index contributed by atoms with van der Waals surface area (Å²) in [6.45, 7) is 1.36. The number of benzene rings is 1. The van der Waals surface area contributed by atoms with Crippen molar-refractivity contribution in [2.24, 2.45) is 5.73 Å². The minimum absolute atomic E-state index is 0. The molecule has 1 atom stereocenters. The molecule has 8 heteroatoms. The number of hydrogen-bond donors (Lipinski definition) is 2. The molecule has 2 heterocycles. The van der Waals surface area contributed by atoms with Crippen LogP contribution in [0.25, 0.3) is 11.0 Å². The van der Waals surface area contributed by atoms with Crippen molar-refractivity contribution in [3.63, 3.8) is 0 Å². The van der Waals surface area contributed by atoms with Crippen LogP contribution in [-0.2, 0) is 22.5 Å². The van der Waals surface area contributed by atoms with E-state index in [9.17, 15) is 4.79 Å². The zero-order valence-corrected chi connectivity index (χ0v) is 16.0. The lowest BCUT2D eigenvalue weighted by molar-refractivity contribution is -0.118. The lowest BCUT2D eigenvalue weighted by atomic mass is 10.2. The molecule has 0 saturated carbocycles. The quantitative estimate of drug-likeness (QED) is 0.824. The molecule has 6 nitrogen and oxygen atoms in total. The number of nitrogens with zero attached hydrogens (tertiary/aromatic N) is 2. The fraction of sp³-hybridized carbons (Fsp3) is 0.529. The topological polar surface area (TPSA) is 82.2 Å².